The highest BCUT2D eigenvalue weighted by atomic mass is 16.4. The van der Waals surface area contributed by atoms with Crippen LogP contribution in [0.2, 0.25) is 0 Å². The molecule has 1 amide bonds. The molecule has 2 aromatic carbocycles. The first-order valence-electron chi connectivity index (χ1n) is 6.13. The smallest absolute Gasteiger partial charge is 0.326 e. The van der Waals surface area contributed by atoms with E-state index < -0.39 is 17.9 Å². The highest BCUT2D eigenvalue weighted by molar-refractivity contribution is 5.96. The Morgan fingerprint density at radius 3 is 2.50 bits per heavy atom. The summed E-state index contributed by atoms with van der Waals surface area (Å²) in [4.78, 5) is 23.2. The van der Waals surface area contributed by atoms with Crippen LogP contribution < -0.4 is 5.32 Å². The third-order valence-corrected chi connectivity index (χ3v) is 2.77. The Labute approximate surface area is 117 Å². The van der Waals surface area contributed by atoms with Gasteiger partial charge in [0.1, 0.15) is 6.04 Å². The van der Waals surface area contributed by atoms with Gasteiger partial charge < -0.3 is 10.4 Å². The molecule has 2 N–H and O–H groups in total. The molecule has 0 aliphatic carbocycles. The normalized spacial score (nSPS) is 11.2. The van der Waals surface area contributed by atoms with E-state index >= 15 is 0 Å². The zero-order valence-corrected chi connectivity index (χ0v) is 10.7. The van der Waals surface area contributed by atoms with E-state index in [9.17, 15) is 14.7 Å². The van der Waals surface area contributed by atoms with Crippen LogP contribution in [-0.2, 0) is 11.2 Å². The number of hydrogen-bond donors (Lipinski definition) is 2. The molecule has 0 radical (unpaired) electrons. The number of carbonyl (C=O) groups excluding carboxylic acids is 1. The molecule has 4 heteroatoms. The maximum absolute atomic E-state index is 12.0. The standard InChI is InChI=1S/C16H13NO3/c18-15(13-9-5-2-6-10-13)17-14(16(19)20)11-12-7-3-1-4-8-12/h1-3,5-7,9-10,14H,11H2,(H,17,18)(H,19,20). The molecule has 0 fully saturated rings. The highest BCUT2D eigenvalue weighted by Crippen LogP contribution is 2.03. The summed E-state index contributed by atoms with van der Waals surface area (Å²) in [6.07, 6.45) is 0.172. The van der Waals surface area contributed by atoms with Crippen molar-refractivity contribution in [3.63, 3.8) is 0 Å². The van der Waals surface area contributed by atoms with Crippen LogP contribution in [0.25, 0.3) is 0 Å². The topological polar surface area (TPSA) is 66.4 Å². The Kier molecular flexibility index (Phi) is 4.35. The van der Waals surface area contributed by atoms with E-state index in [1.165, 1.54) is 0 Å². The summed E-state index contributed by atoms with van der Waals surface area (Å²) in [6, 6.07) is 18.3. The molecule has 0 aromatic heterocycles. The summed E-state index contributed by atoms with van der Waals surface area (Å²) in [5.41, 5.74) is 1.12. The summed E-state index contributed by atoms with van der Waals surface area (Å²) in [5, 5.41) is 11.7. The third-order valence-electron chi connectivity index (χ3n) is 2.77. The first kappa shape index (κ1) is 13.6. The monoisotopic (exact) mass is 267 g/mol. The van der Waals surface area contributed by atoms with Gasteiger partial charge in [-0.1, -0.05) is 36.4 Å². The Balaban J connectivity index is 2.07. The second kappa shape index (κ2) is 6.39. The van der Waals surface area contributed by atoms with Crippen molar-refractivity contribution in [2.24, 2.45) is 0 Å². The van der Waals surface area contributed by atoms with Crippen LogP contribution in [0.5, 0.6) is 0 Å². The van der Waals surface area contributed by atoms with E-state index in [-0.39, 0.29) is 6.42 Å². The minimum absolute atomic E-state index is 0.172. The Morgan fingerprint density at radius 1 is 1.15 bits per heavy atom. The zero-order chi connectivity index (χ0) is 14.4. The fraction of sp³-hybridized carbons (Fsp3) is 0.125. The van der Waals surface area contributed by atoms with Crippen LogP contribution in [0, 0.1) is 12.1 Å². The van der Waals surface area contributed by atoms with Gasteiger partial charge in [0.25, 0.3) is 5.91 Å². The van der Waals surface area contributed by atoms with Crippen LogP contribution in [0.4, 0.5) is 0 Å². The highest BCUT2D eigenvalue weighted by Gasteiger charge is 2.21. The van der Waals surface area contributed by atoms with Crippen LogP contribution >= 0.6 is 0 Å². The van der Waals surface area contributed by atoms with Gasteiger partial charge in [-0.2, -0.15) is 0 Å². The van der Waals surface area contributed by atoms with Gasteiger partial charge in [-0.3, -0.25) is 4.79 Å². The molecule has 0 spiro atoms. The number of rotatable bonds is 5. The largest absolute Gasteiger partial charge is 0.480 e. The third kappa shape index (κ3) is 3.59. The van der Waals surface area contributed by atoms with Crippen LogP contribution in [0.3, 0.4) is 0 Å². The fourth-order valence-electron chi connectivity index (χ4n) is 1.76. The molecule has 0 aliphatic heterocycles. The predicted molar refractivity (Wildman–Crippen MR) is 73.2 cm³/mol. The predicted octanol–water partition coefficient (Wildman–Crippen LogP) is 1.71. The van der Waals surface area contributed by atoms with E-state index in [1.807, 2.05) is 0 Å². The van der Waals surface area contributed by atoms with Gasteiger partial charge >= 0.3 is 5.97 Å². The van der Waals surface area contributed by atoms with Crippen molar-refractivity contribution >= 4 is 11.9 Å². The van der Waals surface area contributed by atoms with E-state index in [0.717, 1.165) is 0 Å². The van der Waals surface area contributed by atoms with Crippen molar-refractivity contribution in [2.45, 2.75) is 12.5 Å². The molecule has 1 unspecified atom stereocenters. The number of amides is 1. The maximum Gasteiger partial charge on any atom is 0.326 e. The molecule has 20 heavy (non-hydrogen) atoms. The van der Waals surface area contributed by atoms with Crippen LogP contribution in [-0.4, -0.2) is 23.0 Å². The second-order valence-electron chi connectivity index (χ2n) is 4.25. The summed E-state index contributed by atoms with van der Waals surface area (Å²) in [7, 11) is 0. The number of aliphatic carboxylic acids is 1. The maximum atomic E-state index is 12.0. The van der Waals surface area contributed by atoms with E-state index in [4.69, 9.17) is 0 Å². The molecule has 2 rings (SSSR count). The molecule has 0 saturated carbocycles. The molecule has 4 nitrogen and oxygen atoms in total. The van der Waals surface area contributed by atoms with Gasteiger partial charge in [0.2, 0.25) is 0 Å². The quantitative estimate of drug-likeness (QED) is 0.866. The fourth-order valence-corrected chi connectivity index (χ4v) is 1.76. The molecule has 2 aromatic rings. The summed E-state index contributed by atoms with van der Waals surface area (Å²) in [6.45, 7) is 0. The summed E-state index contributed by atoms with van der Waals surface area (Å²) < 4.78 is 0. The van der Waals surface area contributed by atoms with Gasteiger partial charge in [0, 0.05) is 17.5 Å². The first-order chi connectivity index (χ1) is 9.66. The van der Waals surface area contributed by atoms with Gasteiger partial charge in [0.05, 0.1) is 0 Å². The average Bonchev–Trinajstić information content (AvgIpc) is 2.48. The van der Waals surface area contributed by atoms with E-state index in [0.29, 0.717) is 11.1 Å². The summed E-state index contributed by atoms with van der Waals surface area (Å²) in [5.74, 6) is -1.48. The molecular weight excluding hydrogens is 254 g/mol. The first-order valence-corrected chi connectivity index (χ1v) is 6.13. The molecule has 0 heterocycles. The Morgan fingerprint density at radius 2 is 1.90 bits per heavy atom. The number of carboxylic acid groups (broad SMARTS) is 1. The number of carboxylic acids is 1. The zero-order valence-electron chi connectivity index (χ0n) is 10.7. The lowest BCUT2D eigenvalue weighted by Gasteiger charge is -2.13. The number of benzene rings is 1. The van der Waals surface area contributed by atoms with Crippen molar-refractivity contribution in [3.05, 3.63) is 71.8 Å². The Bertz CT molecular complexity index is 581. The average molecular weight is 267 g/mol. The molecule has 0 bridgehead atoms. The lowest BCUT2D eigenvalue weighted by molar-refractivity contribution is -0.139. The van der Waals surface area contributed by atoms with Crippen molar-refractivity contribution in [3.8, 4) is 0 Å². The molecule has 100 valence electrons. The van der Waals surface area contributed by atoms with Gasteiger partial charge in [-0.05, 0) is 24.3 Å². The minimum atomic E-state index is -1.08. The summed E-state index contributed by atoms with van der Waals surface area (Å²) >= 11 is 0. The Hall–Kier alpha value is -2.80. The van der Waals surface area contributed by atoms with Gasteiger partial charge in [-0.15, -0.1) is 0 Å². The van der Waals surface area contributed by atoms with Crippen LogP contribution in [0.15, 0.2) is 48.5 Å². The molecule has 1 atom stereocenters. The SMILES string of the molecule is O=C(NC(Cc1c#cccc1)C(=O)O)c1ccccc1. The van der Waals surface area contributed by atoms with E-state index in [2.05, 4.69) is 17.4 Å². The van der Waals surface area contributed by atoms with Crippen molar-refractivity contribution in [1.29, 1.82) is 0 Å². The lowest BCUT2D eigenvalue weighted by Crippen LogP contribution is -2.42. The molecular formula is C16H13NO3. The molecule has 0 aliphatic rings. The number of carbonyl (C=O) groups is 2. The number of nitrogens with one attached hydrogen (secondary N) is 1. The molecule has 0 saturated heterocycles. The van der Waals surface area contributed by atoms with Crippen LogP contribution in [0.1, 0.15) is 15.9 Å². The van der Waals surface area contributed by atoms with Crippen molar-refractivity contribution in [2.75, 3.05) is 0 Å². The lowest BCUT2D eigenvalue weighted by atomic mass is 10.1. The van der Waals surface area contributed by atoms with E-state index in [1.54, 1.807) is 48.5 Å². The number of hydrogen-bond acceptors (Lipinski definition) is 2. The van der Waals surface area contributed by atoms with Crippen molar-refractivity contribution < 1.29 is 14.7 Å². The van der Waals surface area contributed by atoms with Gasteiger partial charge in [-0.25, -0.2) is 4.79 Å². The van der Waals surface area contributed by atoms with Gasteiger partial charge in [0.15, 0.2) is 0 Å². The second-order valence-corrected chi connectivity index (χ2v) is 4.25. The minimum Gasteiger partial charge on any atom is -0.480 e. The van der Waals surface area contributed by atoms with Crippen molar-refractivity contribution in [1.82, 2.24) is 5.32 Å².